The van der Waals surface area contributed by atoms with Gasteiger partial charge in [0.05, 0.1) is 0 Å². The molecule has 0 bridgehead atoms. The maximum atomic E-state index is 2.39. The van der Waals surface area contributed by atoms with Gasteiger partial charge in [0.2, 0.25) is 0 Å². The highest BCUT2D eigenvalue weighted by Gasteiger charge is 2.17. The summed E-state index contributed by atoms with van der Waals surface area (Å²) in [6.45, 7) is 0. The first-order valence-corrected chi connectivity index (χ1v) is 20.2. The minimum absolute atomic E-state index is 1.09. The standard InChI is InChI=1S/C58H41N/c1-3-16-42(17-4-1)46-22-11-23-47(38-46)43-34-36-52(37-35-43)59(54-29-14-27-51(41-54)57-32-10-9-31-55(57)44-18-5-2-6-19-44)53-28-13-25-49(40-53)48-24-12-26-50(39-48)58-33-15-21-45-20-7-8-30-56(45)58/h1-41H. The second-order valence-corrected chi connectivity index (χ2v) is 14.9. The van der Waals surface area contributed by atoms with E-state index in [9.17, 15) is 0 Å². The van der Waals surface area contributed by atoms with Crippen LogP contribution in [0, 0.1) is 0 Å². The van der Waals surface area contributed by atoms with Crippen LogP contribution in [0.5, 0.6) is 0 Å². The average Bonchev–Trinajstić information content (AvgIpc) is 3.32. The highest BCUT2D eigenvalue weighted by molar-refractivity contribution is 5.97. The van der Waals surface area contributed by atoms with Crippen molar-refractivity contribution in [2.24, 2.45) is 0 Å². The van der Waals surface area contributed by atoms with Gasteiger partial charge in [0.15, 0.2) is 0 Å². The minimum Gasteiger partial charge on any atom is -0.310 e. The molecule has 59 heavy (non-hydrogen) atoms. The maximum Gasteiger partial charge on any atom is 0.0467 e. The number of anilines is 3. The third kappa shape index (κ3) is 7.34. The van der Waals surface area contributed by atoms with Gasteiger partial charge in [0.25, 0.3) is 0 Å². The van der Waals surface area contributed by atoms with Crippen molar-refractivity contribution in [3.8, 4) is 66.8 Å². The van der Waals surface area contributed by atoms with Crippen molar-refractivity contribution in [1.29, 1.82) is 0 Å². The van der Waals surface area contributed by atoms with Crippen molar-refractivity contribution in [2.45, 2.75) is 0 Å². The zero-order valence-corrected chi connectivity index (χ0v) is 32.6. The molecule has 0 fully saturated rings. The molecule has 0 radical (unpaired) electrons. The Balaban J connectivity index is 1.07. The predicted molar refractivity (Wildman–Crippen MR) is 251 cm³/mol. The number of hydrogen-bond donors (Lipinski definition) is 0. The molecule has 10 aromatic carbocycles. The molecule has 0 aromatic heterocycles. The molecule has 1 nitrogen and oxygen atoms in total. The summed E-state index contributed by atoms with van der Waals surface area (Å²) in [5.41, 5.74) is 17.6. The SMILES string of the molecule is c1ccc(-c2cccc(-c3ccc(N(c4cccc(-c5cccc(-c6cccc7ccccc67)c5)c4)c4cccc(-c5ccccc5-c5ccccc5)c4)cc3)c2)cc1. The maximum absolute atomic E-state index is 2.39. The van der Waals surface area contributed by atoms with E-state index in [4.69, 9.17) is 0 Å². The Kier molecular flexibility index (Phi) is 9.68. The molecule has 0 aliphatic carbocycles. The van der Waals surface area contributed by atoms with Gasteiger partial charge in [-0.1, -0.05) is 200 Å². The van der Waals surface area contributed by atoms with Crippen LogP contribution in [0.2, 0.25) is 0 Å². The first kappa shape index (κ1) is 35.7. The van der Waals surface area contributed by atoms with Gasteiger partial charge in [-0.3, -0.25) is 0 Å². The van der Waals surface area contributed by atoms with Crippen molar-refractivity contribution in [1.82, 2.24) is 0 Å². The Hall–Kier alpha value is -7.74. The third-order valence-electron chi connectivity index (χ3n) is 11.3. The fraction of sp³-hybridized carbons (Fsp3) is 0. The van der Waals surface area contributed by atoms with Gasteiger partial charge < -0.3 is 4.90 Å². The van der Waals surface area contributed by atoms with Gasteiger partial charge in [-0.25, -0.2) is 0 Å². The molecule has 0 saturated heterocycles. The van der Waals surface area contributed by atoms with Crippen LogP contribution >= 0.6 is 0 Å². The quantitative estimate of drug-likeness (QED) is 0.142. The predicted octanol–water partition coefficient (Wildman–Crippen LogP) is 16.3. The number of hydrogen-bond acceptors (Lipinski definition) is 1. The molecule has 0 saturated carbocycles. The molecule has 10 rings (SSSR count). The van der Waals surface area contributed by atoms with Crippen LogP contribution in [0.4, 0.5) is 17.1 Å². The van der Waals surface area contributed by atoms with Crippen LogP contribution in [0.15, 0.2) is 249 Å². The van der Waals surface area contributed by atoms with E-state index >= 15 is 0 Å². The number of nitrogens with zero attached hydrogens (tertiary/aromatic N) is 1. The molecule has 0 aliphatic rings. The van der Waals surface area contributed by atoms with E-state index in [1.54, 1.807) is 0 Å². The van der Waals surface area contributed by atoms with Crippen LogP contribution in [-0.2, 0) is 0 Å². The fourth-order valence-corrected chi connectivity index (χ4v) is 8.34. The molecule has 0 heterocycles. The summed E-state index contributed by atoms with van der Waals surface area (Å²) >= 11 is 0. The van der Waals surface area contributed by atoms with Crippen LogP contribution in [-0.4, -0.2) is 0 Å². The summed E-state index contributed by atoms with van der Waals surface area (Å²) in [5.74, 6) is 0. The first-order valence-electron chi connectivity index (χ1n) is 20.2. The zero-order valence-electron chi connectivity index (χ0n) is 32.6. The van der Waals surface area contributed by atoms with Gasteiger partial charge >= 0.3 is 0 Å². The molecule has 0 aliphatic heterocycles. The lowest BCUT2D eigenvalue weighted by Gasteiger charge is -2.27. The molecule has 0 atom stereocenters. The van der Waals surface area contributed by atoms with Crippen molar-refractivity contribution in [3.63, 3.8) is 0 Å². The molecule has 0 spiro atoms. The molecule has 10 aromatic rings. The van der Waals surface area contributed by atoms with Crippen LogP contribution < -0.4 is 4.90 Å². The third-order valence-corrected chi connectivity index (χ3v) is 11.3. The van der Waals surface area contributed by atoms with E-state index in [0.29, 0.717) is 0 Å². The number of fused-ring (bicyclic) bond motifs is 1. The molecule has 1 heteroatoms. The lowest BCUT2D eigenvalue weighted by molar-refractivity contribution is 1.28. The van der Waals surface area contributed by atoms with Crippen LogP contribution in [0.3, 0.4) is 0 Å². The normalized spacial score (nSPS) is 11.1. The van der Waals surface area contributed by atoms with E-state index in [1.165, 1.54) is 72.0 Å². The van der Waals surface area contributed by atoms with Gasteiger partial charge in [-0.15, -0.1) is 0 Å². The van der Waals surface area contributed by atoms with Gasteiger partial charge in [0, 0.05) is 17.1 Å². The monoisotopic (exact) mass is 751 g/mol. The summed E-state index contributed by atoms with van der Waals surface area (Å²) in [6, 6.07) is 89.8. The van der Waals surface area contributed by atoms with Crippen molar-refractivity contribution in [2.75, 3.05) is 4.90 Å². The fourth-order valence-electron chi connectivity index (χ4n) is 8.34. The summed E-state index contributed by atoms with van der Waals surface area (Å²) in [7, 11) is 0. The van der Waals surface area contributed by atoms with Gasteiger partial charge in [0.1, 0.15) is 0 Å². The zero-order chi connectivity index (χ0) is 39.4. The summed E-state index contributed by atoms with van der Waals surface area (Å²) in [4.78, 5) is 2.39. The Morgan fingerprint density at radius 3 is 1.27 bits per heavy atom. The smallest absolute Gasteiger partial charge is 0.0467 e. The van der Waals surface area contributed by atoms with Crippen LogP contribution in [0.25, 0.3) is 77.5 Å². The van der Waals surface area contributed by atoms with Crippen molar-refractivity contribution >= 4 is 27.8 Å². The van der Waals surface area contributed by atoms with Gasteiger partial charge in [-0.2, -0.15) is 0 Å². The molecule has 278 valence electrons. The van der Waals surface area contributed by atoms with E-state index in [1.807, 2.05) is 0 Å². The summed E-state index contributed by atoms with van der Waals surface area (Å²) in [5, 5.41) is 2.51. The second kappa shape index (κ2) is 16.0. The van der Waals surface area contributed by atoms with Crippen molar-refractivity contribution in [3.05, 3.63) is 249 Å². The first-order chi connectivity index (χ1) is 29.2. The lowest BCUT2D eigenvalue weighted by Crippen LogP contribution is -2.10. The Morgan fingerprint density at radius 1 is 0.203 bits per heavy atom. The number of rotatable bonds is 9. The Bertz CT molecular complexity index is 3030. The van der Waals surface area contributed by atoms with E-state index in [0.717, 1.165) is 22.6 Å². The van der Waals surface area contributed by atoms with Crippen LogP contribution in [0.1, 0.15) is 0 Å². The van der Waals surface area contributed by atoms with E-state index in [2.05, 4.69) is 254 Å². The Labute approximate surface area is 346 Å². The summed E-state index contributed by atoms with van der Waals surface area (Å²) in [6.07, 6.45) is 0. The number of benzene rings is 10. The highest BCUT2D eigenvalue weighted by atomic mass is 15.1. The molecular weight excluding hydrogens is 711 g/mol. The average molecular weight is 752 g/mol. The summed E-state index contributed by atoms with van der Waals surface area (Å²) < 4.78 is 0. The molecular formula is C58H41N. The van der Waals surface area contributed by atoms with E-state index < -0.39 is 0 Å². The largest absolute Gasteiger partial charge is 0.310 e. The molecule has 0 unspecified atom stereocenters. The Morgan fingerprint density at radius 2 is 0.593 bits per heavy atom. The topological polar surface area (TPSA) is 3.24 Å². The molecule has 0 N–H and O–H groups in total. The van der Waals surface area contributed by atoms with E-state index in [-0.39, 0.29) is 0 Å². The van der Waals surface area contributed by atoms with Gasteiger partial charge in [-0.05, 0) is 126 Å². The lowest BCUT2D eigenvalue weighted by atomic mass is 9.94. The second-order valence-electron chi connectivity index (χ2n) is 14.9. The minimum atomic E-state index is 1.09. The molecule has 0 amide bonds. The highest BCUT2D eigenvalue weighted by Crippen LogP contribution is 2.41. The van der Waals surface area contributed by atoms with Crippen molar-refractivity contribution < 1.29 is 0 Å².